The normalized spacial score (nSPS) is 31.8. The fourth-order valence-corrected chi connectivity index (χ4v) is 0.454. The number of aliphatic hydroxyl groups excluding tert-OH is 1. The lowest BCUT2D eigenvalue weighted by atomic mass is 10.6. The van der Waals surface area contributed by atoms with E-state index in [4.69, 9.17) is 5.11 Å². The first-order valence-electron chi connectivity index (χ1n) is 1.98. The predicted molar refractivity (Wildman–Crippen MR) is 23.1 cm³/mol. The van der Waals surface area contributed by atoms with Gasteiger partial charge < -0.3 is 5.11 Å². The summed E-state index contributed by atoms with van der Waals surface area (Å²) in [7, 11) is 0. The van der Waals surface area contributed by atoms with Crippen LogP contribution in [0.5, 0.6) is 0 Å². The summed E-state index contributed by atoms with van der Waals surface area (Å²) in [6, 6.07) is 0. The van der Waals surface area contributed by atoms with Gasteiger partial charge in [0.05, 0.1) is 0 Å². The van der Waals surface area contributed by atoms with E-state index in [9.17, 15) is 0 Å². The predicted octanol–water partition coefficient (Wildman–Crippen LogP) is -0.536. The Hall–Kier alpha value is -0.340. The van der Waals surface area contributed by atoms with E-state index >= 15 is 0 Å². The molecular formula is C4H7NO. The summed E-state index contributed by atoms with van der Waals surface area (Å²) >= 11 is 0. The largest absolute Gasteiger partial charge is 0.375 e. The maximum Gasteiger partial charge on any atom is 0.124 e. The van der Waals surface area contributed by atoms with E-state index in [2.05, 4.69) is 5.32 Å². The van der Waals surface area contributed by atoms with Crippen LogP contribution in [0.15, 0.2) is 12.2 Å². The van der Waals surface area contributed by atoms with E-state index in [0.717, 1.165) is 6.54 Å². The number of aliphatic hydroxyl groups is 1. The molecule has 0 aromatic carbocycles. The van der Waals surface area contributed by atoms with Gasteiger partial charge in [-0.1, -0.05) is 6.08 Å². The third-order valence-electron chi connectivity index (χ3n) is 0.763. The Kier molecular flexibility index (Phi) is 0.900. The number of hydrogen-bond donors (Lipinski definition) is 2. The van der Waals surface area contributed by atoms with Gasteiger partial charge in [-0.2, -0.15) is 0 Å². The topological polar surface area (TPSA) is 32.3 Å². The number of hydrogen-bond acceptors (Lipinski definition) is 2. The zero-order valence-electron chi connectivity index (χ0n) is 3.39. The second-order valence-corrected chi connectivity index (χ2v) is 1.28. The average Bonchev–Trinajstić information content (AvgIpc) is 1.86. The van der Waals surface area contributed by atoms with Gasteiger partial charge in [0.2, 0.25) is 0 Å². The van der Waals surface area contributed by atoms with Crippen LogP contribution in [0, 0.1) is 0 Å². The van der Waals surface area contributed by atoms with Gasteiger partial charge in [0, 0.05) is 6.54 Å². The molecule has 0 aromatic rings. The lowest BCUT2D eigenvalue weighted by molar-refractivity contribution is 0.199. The SMILES string of the molecule is OC1C=CCN1. The molecule has 0 amide bonds. The van der Waals surface area contributed by atoms with E-state index < -0.39 is 0 Å². The first-order chi connectivity index (χ1) is 2.89. The molecule has 0 fully saturated rings. The minimum absolute atomic E-state index is 0.384. The Labute approximate surface area is 36.5 Å². The Morgan fingerprint density at radius 3 is 2.83 bits per heavy atom. The van der Waals surface area contributed by atoms with Crippen molar-refractivity contribution in [2.75, 3.05) is 6.54 Å². The molecule has 0 radical (unpaired) electrons. The highest BCUT2D eigenvalue weighted by molar-refractivity contribution is 4.96. The molecule has 2 nitrogen and oxygen atoms in total. The zero-order chi connectivity index (χ0) is 4.41. The molecule has 0 aliphatic carbocycles. The Bertz CT molecular complexity index is 69.9. The van der Waals surface area contributed by atoms with Gasteiger partial charge in [0.15, 0.2) is 0 Å². The van der Waals surface area contributed by atoms with Crippen LogP contribution in [0.3, 0.4) is 0 Å². The maximum absolute atomic E-state index is 8.53. The molecular weight excluding hydrogens is 78.0 g/mol. The van der Waals surface area contributed by atoms with Gasteiger partial charge in [-0.15, -0.1) is 0 Å². The van der Waals surface area contributed by atoms with Crippen LogP contribution in [-0.2, 0) is 0 Å². The second kappa shape index (κ2) is 1.41. The molecule has 0 bridgehead atoms. The Morgan fingerprint density at radius 1 is 1.83 bits per heavy atom. The van der Waals surface area contributed by atoms with Crippen molar-refractivity contribution in [2.45, 2.75) is 6.23 Å². The van der Waals surface area contributed by atoms with Crippen LogP contribution in [0.2, 0.25) is 0 Å². The van der Waals surface area contributed by atoms with Gasteiger partial charge >= 0.3 is 0 Å². The van der Waals surface area contributed by atoms with Crippen molar-refractivity contribution in [1.82, 2.24) is 5.32 Å². The van der Waals surface area contributed by atoms with Crippen molar-refractivity contribution in [1.29, 1.82) is 0 Å². The Morgan fingerprint density at radius 2 is 2.67 bits per heavy atom. The molecule has 1 unspecified atom stereocenters. The van der Waals surface area contributed by atoms with Gasteiger partial charge in [0.25, 0.3) is 0 Å². The number of nitrogens with one attached hydrogen (secondary N) is 1. The lowest BCUT2D eigenvalue weighted by Crippen LogP contribution is -2.20. The summed E-state index contributed by atoms with van der Waals surface area (Å²) in [5.41, 5.74) is 0. The van der Waals surface area contributed by atoms with E-state index in [-0.39, 0.29) is 6.23 Å². The lowest BCUT2D eigenvalue weighted by Gasteiger charge is -1.93. The summed E-state index contributed by atoms with van der Waals surface area (Å²) in [5.74, 6) is 0. The van der Waals surface area contributed by atoms with Crippen molar-refractivity contribution in [3.8, 4) is 0 Å². The quantitative estimate of drug-likeness (QED) is 0.387. The summed E-state index contributed by atoms with van der Waals surface area (Å²) < 4.78 is 0. The van der Waals surface area contributed by atoms with Crippen LogP contribution in [-0.4, -0.2) is 17.9 Å². The van der Waals surface area contributed by atoms with Crippen molar-refractivity contribution >= 4 is 0 Å². The standard InChI is InChI=1S/C4H7NO/c6-4-2-1-3-5-4/h1-2,4-6H,3H2. The van der Waals surface area contributed by atoms with Crippen LogP contribution in [0.25, 0.3) is 0 Å². The molecule has 1 rings (SSSR count). The van der Waals surface area contributed by atoms with E-state index in [1.54, 1.807) is 6.08 Å². The fourth-order valence-electron chi connectivity index (χ4n) is 0.454. The molecule has 1 heterocycles. The molecule has 0 spiro atoms. The van der Waals surface area contributed by atoms with Crippen LogP contribution >= 0.6 is 0 Å². The van der Waals surface area contributed by atoms with Crippen LogP contribution in [0.4, 0.5) is 0 Å². The molecule has 0 aromatic heterocycles. The summed E-state index contributed by atoms with van der Waals surface area (Å²) in [5, 5.41) is 11.3. The highest BCUT2D eigenvalue weighted by atomic mass is 16.3. The summed E-state index contributed by atoms with van der Waals surface area (Å²) in [6.07, 6.45) is 3.23. The first-order valence-corrected chi connectivity index (χ1v) is 1.98. The fraction of sp³-hybridized carbons (Fsp3) is 0.500. The maximum atomic E-state index is 8.53. The molecule has 0 saturated carbocycles. The van der Waals surface area contributed by atoms with E-state index in [0.29, 0.717) is 0 Å². The summed E-state index contributed by atoms with van der Waals surface area (Å²) in [6.45, 7) is 0.807. The molecule has 34 valence electrons. The molecule has 1 aliphatic rings. The molecule has 1 aliphatic heterocycles. The van der Waals surface area contributed by atoms with Gasteiger partial charge in [-0.25, -0.2) is 0 Å². The molecule has 1 atom stereocenters. The molecule has 0 saturated heterocycles. The third kappa shape index (κ3) is 0.584. The van der Waals surface area contributed by atoms with Crippen LogP contribution < -0.4 is 5.32 Å². The van der Waals surface area contributed by atoms with Crippen LogP contribution in [0.1, 0.15) is 0 Å². The second-order valence-electron chi connectivity index (χ2n) is 1.28. The van der Waals surface area contributed by atoms with Crippen molar-refractivity contribution in [3.63, 3.8) is 0 Å². The molecule has 2 heteroatoms. The average molecular weight is 85.1 g/mol. The summed E-state index contributed by atoms with van der Waals surface area (Å²) in [4.78, 5) is 0. The van der Waals surface area contributed by atoms with Crippen molar-refractivity contribution < 1.29 is 5.11 Å². The molecule has 6 heavy (non-hydrogen) atoms. The van der Waals surface area contributed by atoms with Gasteiger partial charge in [-0.3, -0.25) is 5.32 Å². The monoisotopic (exact) mass is 85.1 g/mol. The smallest absolute Gasteiger partial charge is 0.124 e. The number of rotatable bonds is 0. The van der Waals surface area contributed by atoms with Gasteiger partial charge in [-0.05, 0) is 6.08 Å². The van der Waals surface area contributed by atoms with Crippen molar-refractivity contribution in [2.24, 2.45) is 0 Å². The highest BCUT2D eigenvalue weighted by Gasteiger charge is 1.98. The third-order valence-corrected chi connectivity index (χ3v) is 0.763. The molecule has 2 N–H and O–H groups in total. The highest BCUT2D eigenvalue weighted by Crippen LogP contribution is 1.86. The zero-order valence-corrected chi connectivity index (χ0v) is 3.39. The van der Waals surface area contributed by atoms with Crippen molar-refractivity contribution in [3.05, 3.63) is 12.2 Å². The van der Waals surface area contributed by atoms with E-state index in [1.165, 1.54) is 0 Å². The first kappa shape index (κ1) is 3.84. The minimum Gasteiger partial charge on any atom is -0.375 e. The van der Waals surface area contributed by atoms with Gasteiger partial charge in [0.1, 0.15) is 6.23 Å². The minimum atomic E-state index is -0.384. The van der Waals surface area contributed by atoms with E-state index in [1.807, 2.05) is 6.08 Å². The Balaban J connectivity index is 2.38.